The first kappa shape index (κ1) is 18.1. The highest BCUT2D eigenvalue weighted by molar-refractivity contribution is 6.34. The van der Waals surface area contributed by atoms with Gasteiger partial charge in [0.2, 0.25) is 0 Å². The molecule has 1 N–H and O–H groups in total. The number of hydrogen-bond donors (Lipinski definition) is 1. The molecule has 3 aromatic rings. The van der Waals surface area contributed by atoms with Crippen molar-refractivity contribution in [2.75, 3.05) is 20.2 Å². The fourth-order valence-electron chi connectivity index (χ4n) is 3.64. The number of aryl methyl sites for hydroxylation is 1. The van der Waals surface area contributed by atoms with Crippen LogP contribution in [0.4, 0.5) is 0 Å². The zero-order valence-electron chi connectivity index (χ0n) is 15.7. The molecule has 4 rings (SSSR count). The number of piperidine rings is 1. The minimum absolute atomic E-state index is 0.391. The summed E-state index contributed by atoms with van der Waals surface area (Å²) in [7, 11) is 1.67. The SMILES string of the molecule is COc1ccc(-n2nc(C3CCNCC3)c(Cl)c2-c2ccc(C)cc2)cc1. The van der Waals surface area contributed by atoms with Crippen LogP contribution in [0.3, 0.4) is 0 Å². The molecule has 1 aliphatic heterocycles. The lowest BCUT2D eigenvalue weighted by atomic mass is 9.94. The average molecular weight is 382 g/mol. The quantitative estimate of drug-likeness (QED) is 0.693. The molecule has 5 heteroatoms. The van der Waals surface area contributed by atoms with Gasteiger partial charge in [0.25, 0.3) is 0 Å². The van der Waals surface area contributed by atoms with Crippen LogP contribution in [0.1, 0.15) is 30.0 Å². The van der Waals surface area contributed by atoms with Gasteiger partial charge < -0.3 is 10.1 Å². The lowest BCUT2D eigenvalue weighted by Gasteiger charge is -2.21. The van der Waals surface area contributed by atoms with Crippen molar-refractivity contribution >= 4 is 11.6 Å². The molecule has 1 aromatic heterocycles. The number of ether oxygens (including phenoxy) is 1. The van der Waals surface area contributed by atoms with E-state index >= 15 is 0 Å². The smallest absolute Gasteiger partial charge is 0.119 e. The summed E-state index contributed by atoms with van der Waals surface area (Å²) in [5, 5.41) is 9.16. The fourth-order valence-corrected chi connectivity index (χ4v) is 4.02. The van der Waals surface area contributed by atoms with E-state index in [1.807, 2.05) is 28.9 Å². The molecule has 0 amide bonds. The van der Waals surface area contributed by atoms with Crippen LogP contribution in [0, 0.1) is 6.92 Å². The van der Waals surface area contributed by atoms with Crippen LogP contribution in [0.5, 0.6) is 5.75 Å². The molecule has 2 heterocycles. The Morgan fingerprint density at radius 1 is 1.04 bits per heavy atom. The highest BCUT2D eigenvalue weighted by Crippen LogP contribution is 2.39. The lowest BCUT2D eigenvalue weighted by molar-refractivity contribution is 0.414. The van der Waals surface area contributed by atoms with E-state index in [4.69, 9.17) is 21.4 Å². The van der Waals surface area contributed by atoms with Crippen LogP contribution < -0.4 is 10.1 Å². The van der Waals surface area contributed by atoms with Crippen molar-refractivity contribution < 1.29 is 4.74 Å². The van der Waals surface area contributed by atoms with Crippen LogP contribution in [-0.4, -0.2) is 30.0 Å². The number of benzene rings is 2. The third kappa shape index (κ3) is 3.60. The van der Waals surface area contributed by atoms with Crippen molar-refractivity contribution in [2.24, 2.45) is 0 Å². The van der Waals surface area contributed by atoms with Gasteiger partial charge in [-0.25, -0.2) is 4.68 Å². The van der Waals surface area contributed by atoms with Crippen LogP contribution in [0.2, 0.25) is 5.02 Å². The van der Waals surface area contributed by atoms with Gasteiger partial charge in [-0.15, -0.1) is 0 Å². The van der Waals surface area contributed by atoms with Crippen LogP contribution >= 0.6 is 11.6 Å². The molecule has 140 valence electrons. The van der Waals surface area contributed by atoms with Gasteiger partial charge in [0, 0.05) is 11.5 Å². The zero-order valence-corrected chi connectivity index (χ0v) is 16.5. The number of halogens is 1. The number of nitrogens with zero attached hydrogens (tertiary/aromatic N) is 2. The molecule has 0 bridgehead atoms. The van der Waals surface area contributed by atoms with Gasteiger partial charge in [-0.2, -0.15) is 5.10 Å². The Balaban J connectivity index is 1.85. The standard InChI is InChI=1S/C22H24ClN3O/c1-15-3-5-17(6-4-15)22-20(23)21(16-11-13-24-14-12-16)25-26(22)18-7-9-19(27-2)10-8-18/h3-10,16,24H,11-14H2,1-2H3. The van der Waals surface area contributed by atoms with Gasteiger partial charge in [-0.05, 0) is 57.1 Å². The fraction of sp³-hybridized carbons (Fsp3) is 0.318. The zero-order chi connectivity index (χ0) is 18.8. The molecular formula is C22H24ClN3O. The first-order valence-electron chi connectivity index (χ1n) is 9.38. The van der Waals surface area contributed by atoms with Crippen molar-refractivity contribution in [3.05, 3.63) is 64.8 Å². The van der Waals surface area contributed by atoms with Crippen molar-refractivity contribution in [1.82, 2.24) is 15.1 Å². The monoisotopic (exact) mass is 381 g/mol. The number of rotatable bonds is 4. The van der Waals surface area contributed by atoms with E-state index in [0.29, 0.717) is 5.92 Å². The van der Waals surface area contributed by atoms with E-state index in [-0.39, 0.29) is 0 Å². The number of methoxy groups -OCH3 is 1. The molecule has 2 aromatic carbocycles. The molecule has 1 saturated heterocycles. The minimum Gasteiger partial charge on any atom is -0.497 e. The maximum absolute atomic E-state index is 6.92. The second kappa shape index (κ2) is 7.75. The molecule has 0 radical (unpaired) electrons. The number of nitrogens with one attached hydrogen (secondary N) is 1. The van der Waals surface area contributed by atoms with E-state index in [2.05, 4.69) is 36.5 Å². The highest BCUT2D eigenvalue weighted by Gasteiger charge is 2.26. The predicted octanol–water partition coefficient (Wildman–Crippen LogP) is 4.98. The summed E-state index contributed by atoms with van der Waals surface area (Å²) in [5.74, 6) is 1.22. The molecule has 0 aliphatic carbocycles. The first-order valence-corrected chi connectivity index (χ1v) is 9.76. The predicted molar refractivity (Wildman–Crippen MR) is 110 cm³/mol. The maximum atomic E-state index is 6.92. The summed E-state index contributed by atoms with van der Waals surface area (Å²) >= 11 is 6.92. The third-order valence-corrected chi connectivity index (χ3v) is 5.59. The van der Waals surface area contributed by atoms with Gasteiger partial charge >= 0.3 is 0 Å². The summed E-state index contributed by atoms with van der Waals surface area (Å²) in [6.07, 6.45) is 2.12. The third-order valence-electron chi connectivity index (χ3n) is 5.22. The molecular weight excluding hydrogens is 358 g/mol. The Kier molecular flexibility index (Phi) is 5.19. The summed E-state index contributed by atoms with van der Waals surface area (Å²) in [6.45, 7) is 4.11. The summed E-state index contributed by atoms with van der Waals surface area (Å²) in [6, 6.07) is 16.4. The topological polar surface area (TPSA) is 39.1 Å². The van der Waals surface area contributed by atoms with Gasteiger partial charge in [0.15, 0.2) is 0 Å². The lowest BCUT2D eigenvalue weighted by Crippen LogP contribution is -2.27. The summed E-state index contributed by atoms with van der Waals surface area (Å²) < 4.78 is 7.27. The van der Waals surface area contributed by atoms with Gasteiger partial charge in [-0.3, -0.25) is 0 Å². The van der Waals surface area contributed by atoms with E-state index < -0.39 is 0 Å². The molecule has 1 fully saturated rings. The van der Waals surface area contributed by atoms with E-state index in [9.17, 15) is 0 Å². The Bertz CT molecular complexity index is 910. The minimum atomic E-state index is 0.391. The summed E-state index contributed by atoms with van der Waals surface area (Å²) in [4.78, 5) is 0. The van der Waals surface area contributed by atoms with Gasteiger partial charge in [0.1, 0.15) is 5.75 Å². The Morgan fingerprint density at radius 2 is 1.70 bits per heavy atom. The normalized spacial score (nSPS) is 15.1. The number of aromatic nitrogens is 2. The average Bonchev–Trinajstić information content (AvgIpc) is 3.06. The van der Waals surface area contributed by atoms with Crippen molar-refractivity contribution in [3.63, 3.8) is 0 Å². The largest absolute Gasteiger partial charge is 0.497 e. The van der Waals surface area contributed by atoms with Crippen LogP contribution in [-0.2, 0) is 0 Å². The van der Waals surface area contributed by atoms with Gasteiger partial charge in [0.05, 0.1) is 29.2 Å². The molecule has 1 aliphatic rings. The second-order valence-corrected chi connectivity index (χ2v) is 7.43. The Labute approximate surface area is 165 Å². The van der Waals surface area contributed by atoms with Crippen LogP contribution in [0.25, 0.3) is 16.9 Å². The van der Waals surface area contributed by atoms with Crippen molar-refractivity contribution in [3.8, 4) is 22.7 Å². The molecule has 0 saturated carbocycles. The first-order chi connectivity index (χ1) is 13.2. The highest BCUT2D eigenvalue weighted by atomic mass is 35.5. The van der Waals surface area contributed by atoms with Crippen LogP contribution in [0.15, 0.2) is 48.5 Å². The van der Waals surface area contributed by atoms with E-state index in [1.54, 1.807) is 7.11 Å². The Hall–Kier alpha value is -2.30. The molecule has 27 heavy (non-hydrogen) atoms. The van der Waals surface area contributed by atoms with E-state index in [1.165, 1.54) is 5.56 Å². The van der Waals surface area contributed by atoms with Crippen molar-refractivity contribution in [2.45, 2.75) is 25.7 Å². The maximum Gasteiger partial charge on any atom is 0.119 e. The summed E-state index contributed by atoms with van der Waals surface area (Å²) in [5.41, 5.74) is 5.24. The van der Waals surface area contributed by atoms with Crippen molar-refractivity contribution in [1.29, 1.82) is 0 Å². The number of hydrogen-bond acceptors (Lipinski definition) is 3. The molecule has 4 nitrogen and oxygen atoms in total. The molecule has 0 spiro atoms. The second-order valence-electron chi connectivity index (χ2n) is 7.05. The molecule has 0 atom stereocenters. The van der Waals surface area contributed by atoms with E-state index in [0.717, 1.165) is 59.3 Å². The molecule has 0 unspecified atom stereocenters. The van der Waals surface area contributed by atoms with Gasteiger partial charge in [-0.1, -0.05) is 41.4 Å². The Morgan fingerprint density at radius 3 is 2.33 bits per heavy atom.